The van der Waals surface area contributed by atoms with Crippen LogP contribution in [-0.4, -0.2) is 20.4 Å². The fraction of sp³-hybridized carbons (Fsp3) is 0.318. The fourth-order valence-corrected chi connectivity index (χ4v) is 4.52. The largest absolute Gasteiger partial charge is 0.272 e. The average Bonchev–Trinajstić information content (AvgIpc) is 2.69. The molecule has 0 N–H and O–H groups in total. The Labute approximate surface area is 166 Å². The summed E-state index contributed by atoms with van der Waals surface area (Å²) >= 11 is 0. The highest BCUT2D eigenvalue weighted by Crippen LogP contribution is 2.37. The lowest BCUT2D eigenvalue weighted by molar-refractivity contribution is -0.149. The first-order valence-electron chi connectivity index (χ1n) is 9.26. The highest BCUT2D eigenvalue weighted by Gasteiger charge is 2.42. The summed E-state index contributed by atoms with van der Waals surface area (Å²) in [5.41, 5.74) is 0.0688. The lowest BCUT2D eigenvalue weighted by Gasteiger charge is -2.40. The van der Waals surface area contributed by atoms with E-state index in [-0.39, 0.29) is 28.2 Å². The molecule has 0 spiro atoms. The Bertz CT molecular complexity index is 953. The minimum Gasteiger partial charge on any atom is -0.272 e. The van der Waals surface area contributed by atoms with Crippen LogP contribution >= 0.6 is 0 Å². The number of anilines is 1. The summed E-state index contributed by atoms with van der Waals surface area (Å²) in [6, 6.07) is 17.5. The lowest BCUT2D eigenvalue weighted by Crippen LogP contribution is -2.50. The van der Waals surface area contributed by atoms with Gasteiger partial charge in [0.25, 0.3) is 5.91 Å². The lowest BCUT2D eigenvalue weighted by atomic mass is 9.83. The van der Waals surface area contributed by atoms with E-state index in [4.69, 9.17) is 4.84 Å². The second-order valence-electron chi connectivity index (χ2n) is 7.64. The van der Waals surface area contributed by atoms with Crippen molar-refractivity contribution >= 4 is 21.4 Å². The number of rotatable bonds is 6. The van der Waals surface area contributed by atoms with Crippen LogP contribution in [0.3, 0.4) is 0 Å². The van der Waals surface area contributed by atoms with E-state index in [0.29, 0.717) is 18.5 Å². The zero-order valence-electron chi connectivity index (χ0n) is 16.2. The predicted molar refractivity (Wildman–Crippen MR) is 109 cm³/mol. The fourth-order valence-electron chi connectivity index (χ4n) is 3.28. The van der Waals surface area contributed by atoms with Gasteiger partial charge in [0.2, 0.25) is 9.84 Å². The summed E-state index contributed by atoms with van der Waals surface area (Å²) in [7, 11) is -3.58. The van der Waals surface area contributed by atoms with Gasteiger partial charge in [-0.1, -0.05) is 56.8 Å². The smallest absolute Gasteiger partial charge is 0.256 e. The first-order valence-corrected chi connectivity index (χ1v) is 10.7. The molecular weight excluding hydrogens is 374 g/mol. The third kappa shape index (κ3) is 4.18. The first kappa shape index (κ1) is 20.3. The molecule has 2 aromatic carbocycles. The SMILES string of the molecule is C=C(CCC1CC(C)(C)C(=O)N(c2ccccc2)O1)S(=O)(=O)c1ccccc1. The van der Waals surface area contributed by atoms with Gasteiger partial charge < -0.3 is 0 Å². The Hall–Kier alpha value is -2.44. The van der Waals surface area contributed by atoms with Crippen molar-refractivity contribution in [2.24, 2.45) is 5.41 Å². The van der Waals surface area contributed by atoms with Gasteiger partial charge in [-0.25, -0.2) is 8.42 Å². The van der Waals surface area contributed by atoms with E-state index in [1.165, 1.54) is 5.06 Å². The molecule has 1 aliphatic heterocycles. The maximum absolute atomic E-state index is 12.8. The summed E-state index contributed by atoms with van der Waals surface area (Å²) in [6.07, 6.45) is 0.976. The van der Waals surface area contributed by atoms with E-state index >= 15 is 0 Å². The molecule has 148 valence electrons. The van der Waals surface area contributed by atoms with Crippen LogP contribution in [0.2, 0.25) is 0 Å². The van der Waals surface area contributed by atoms with Crippen LogP contribution in [0.5, 0.6) is 0 Å². The standard InChI is InChI=1S/C22H25NO4S/c1-17(28(25,26)20-12-8-5-9-13-20)14-15-19-16-22(2,3)21(24)23(27-19)18-10-6-4-7-11-18/h4-13,19H,1,14-16H2,2-3H3. The molecule has 0 radical (unpaired) electrons. The van der Waals surface area contributed by atoms with Gasteiger partial charge in [-0.3, -0.25) is 9.63 Å². The van der Waals surface area contributed by atoms with Crippen molar-refractivity contribution in [3.63, 3.8) is 0 Å². The number of carbonyl (C=O) groups excluding carboxylic acids is 1. The van der Waals surface area contributed by atoms with Crippen LogP contribution in [0.25, 0.3) is 0 Å². The zero-order chi connectivity index (χ0) is 20.4. The monoisotopic (exact) mass is 399 g/mol. The number of nitrogens with zero attached hydrogens (tertiary/aromatic N) is 1. The van der Waals surface area contributed by atoms with Crippen LogP contribution in [0, 0.1) is 5.41 Å². The maximum Gasteiger partial charge on any atom is 0.256 e. The van der Waals surface area contributed by atoms with Crippen LogP contribution in [0.15, 0.2) is 77.0 Å². The highest BCUT2D eigenvalue weighted by atomic mass is 32.2. The Morgan fingerprint density at radius 1 is 1.11 bits per heavy atom. The van der Waals surface area contributed by atoms with Crippen LogP contribution in [0.4, 0.5) is 5.69 Å². The summed E-state index contributed by atoms with van der Waals surface area (Å²) < 4.78 is 25.3. The molecule has 1 heterocycles. The molecule has 1 fully saturated rings. The van der Waals surface area contributed by atoms with Gasteiger partial charge in [0.05, 0.1) is 16.7 Å². The summed E-state index contributed by atoms with van der Waals surface area (Å²) in [4.78, 5) is 19.1. The number of hydrogen-bond acceptors (Lipinski definition) is 4. The highest BCUT2D eigenvalue weighted by molar-refractivity contribution is 7.95. The van der Waals surface area contributed by atoms with Gasteiger partial charge in [0, 0.05) is 10.3 Å². The molecule has 1 unspecified atom stereocenters. The Morgan fingerprint density at radius 2 is 1.68 bits per heavy atom. The molecule has 28 heavy (non-hydrogen) atoms. The molecule has 5 nitrogen and oxygen atoms in total. The Balaban J connectivity index is 1.72. The van der Waals surface area contributed by atoms with Crippen molar-refractivity contribution in [2.75, 3.05) is 5.06 Å². The number of allylic oxidation sites excluding steroid dienone is 1. The molecule has 1 amide bonds. The molecule has 2 aromatic rings. The van der Waals surface area contributed by atoms with E-state index in [9.17, 15) is 13.2 Å². The Kier molecular flexibility index (Phi) is 5.72. The summed E-state index contributed by atoms with van der Waals surface area (Å²) in [5.74, 6) is -0.106. The minimum atomic E-state index is -3.58. The van der Waals surface area contributed by atoms with Gasteiger partial charge in [-0.05, 0) is 43.5 Å². The van der Waals surface area contributed by atoms with Crippen LogP contribution < -0.4 is 5.06 Å². The molecular formula is C22H25NO4S. The van der Waals surface area contributed by atoms with Crippen molar-refractivity contribution in [1.82, 2.24) is 0 Å². The number of benzene rings is 2. The van der Waals surface area contributed by atoms with Gasteiger partial charge in [-0.2, -0.15) is 5.06 Å². The van der Waals surface area contributed by atoms with Crippen LogP contribution in [-0.2, 0) is 19.5 Å². The quantitative estimate of drug-likeness (QED) is 0.717. The van der Waals surface area contributed by atoms with Gasteiger partial charge in [-0.15, -0.1) is 0 Å². The molecule has 3 rings (SSSR count). The minimum absolute atomic E-state index is 0.106. The number of hydroxylamine groups is 1. The third-order valence-electron chi connectivity index (χ3n) is 4.93. The number of sulfone groups is 1. The van der Waals surface area contributed by atoms with E-state index in [1.54, 1.807) is 30.3 Å². The van der Waals surface area contributed by atoms with Crippen molar-refractivity contribution in [3.8, 4) is 0 Å². The van der Waals surface area contributed by atoms with Gasteiger partial charge >= 0.3 is 0 Å². The molecule has 0 aromatic heterocycles. The molecule has 1 atom stereocenters. The molecule has 0 bridgehead atoms. The third-order valence-corrected chi connectivity index (χ3v) is 6.78. The Morgan fingerprint density at radius 3 is 2.29 bits per heavy atom. The first-order chi connectivity index (χ1) is 13.2. The summed E-state index contributed by atoms with van der Waals surface area (Å²) in [6.45, 7) is 7.56. The van der Waals surface area contributed by atoms with Crippen molar-refractivity contribution < 1.29 is 18.0 Å². The predicted octanol–water partition coefficient (Wildman–Crippen LogP) is 4.52. The van der Waals surface area contributed by atoms with Crippen molar-refractivity contribution in [3.05, 3.63) is 72.1 Å². The topological polar surface area (TPSA) is 63.7 Å². The molecule has 0 saturated carbocycles. The van der Waals surface area contributed by atoms with Crippen molar-refractivity contribution in [2.45, 2.75) is 44.1 Å². The number of carbonyl (C=O) groups is 1. The van der Waals surface area contributed by atoms with E-state index in [1.807, 2.05) is 44.2 Å². The van der Waals surface area contributed by atoms with E-state index in [2.05, 4.69) is 6.58 Å². The second-order valence-corrected chi connectivity index (χ2v) is 9.70. The normalized spacial score (nSPS) is 19.4. The van der Waals surface area contributed by atoms with E-state index < -0.39 is 15.3 Å². The average molecular weight is 400 g/mol. The maximum atomic E-state index is 12.8. The summed E-state index contributed by atoms with van der Waals surface area (Å²) in [5, 5.41) is 1.34. The molecule has 6 heteroatoms. The number of hydrogen-bond donors (Lipinski definition) is 0. The van der Waals surface area contributed by atoms with Crippen molar-refractivity contribution in [1.29, 1.82) is 0 Å². The number of amides is 1. The van der Waals surface area contributed by atoms with Crippen LogP contribution in [0.1, 0.15) is 33.1 Å². The van der Waals surface area contributed by atoms with Gasteiger partial charge in [0.1, 0.15) is 0 Å². The second kappa shape index (κ2) is 7.89. The van der Waals surface area contributed by atoms with E-state index in [0.717, 1.165) is 0 Å². The molecule has 0 aliphatic carbocycles. The molecule has 1 aliphatic rings. The van der Waals surface area contributed by atoms with Gasteiger partial charge in [0.15, 0.2) is 0 Å². The molecule has 1 saturated heterocycles. The zero-order valence-corrected chi connectivity index (χ0v) is 17.0. The number of para-hydroxylation sites is 1.